The van der Waals surface area contributed by atoms with Crippen molar-refractivity contribution in [3.8, 4) is 0 Å². The largest absolute Gasteiger partial charge is 0.379 e. The Morgan fingerprint density at radius 3 is 2.45 bits per heavy atom. The topological polar surface area (TPSA) is 46.6 Å². The van der Waals surface area contributed by atoms with E-state index in [9.17, 15) is 8.42 Å². The highest BCUT2D eigenvalue weighted by atomic mass is 32.2. The summed E-state index contributed by atoms with van der Waals surface area (Å²) in [6.07, 6.45) is 0. The summed E-state index contributed by atoms with van der Waals surface area (Å²) >= 11 is 0. The molecule has 20 heavy (non-hydrogen) atoms. The van der Waals surface area contributed by atoms with E-state index in [-0.39, 0.29) is 0 Å². The van der Waals surface area contributed by atoms with Crippen LogP contribution in [0.1, 0.15) is 5.56 Å². The van der Waals surface area contributed by atoms with E-state index < -0.39 is 10.0 Å². The number of aryl methyl sites for hydroxylation is 1. The molecule has 0 atom stereocenters. The van der Waals surface area contributed by atoms with Crippen LogP contribution < -0.4 is 0 Å². The minimum absolute atomic E-state index is 0.359. The Labute approximate surface area is 119 Å². The maximum atomic E-state index is 12.6. The standard InChI is InChI=1S/C15H17NO3S/c1-12-2-3-13-4-5-15(11-14(13)10-12)20(17,18)16-6-8-19-9-7-16/h2-5,10-11H,6-9H2,1H3. The zero-order chi connectivity index (χ0) is 14.2. The molecule has 0 unspecified atom stereocenters. The number of ether oxygens (including phenoxy) is 1. The number of morpholine rings is 1. The van der Waals surface area contributed by atoms with Crippen molar-refractivity contribution in [3.63, 3.8) is 0 Å². The summed E-state index contributed by atoms with van der Waals surface area (Å²) in [6.45, 7) is 3.78. The van der Waals surface area contributed by atoms with E-state index in [1.54, 1.807) is 12.1 Å². The first-order valence-electron chi connectivity index (χ1n) is 6.66. The van der Waals surface area contributed by atoms with Gasteiger partial charge in [0.05, 0.1) is 18.1 Å². The summed E-state index contributed by atoms with van der Waals surface area (Å²) in [4.78, 5) is 0.359. The Kier molecular flexibility index (Phi) is 3.50. The number of hydrogen-bond acceptors (Lipinski definition) is 3. The molecule has 1 fully saturated rings. The molecule has 0 N–H and O–H groups in total. The molecule has 1 aliphatic heterocycles. The second-order valence-corrected chi connectivity index (χ2v) is 6.97. The molecule has 3 rings (SSSR count). The van der Waals surface area contributed by atoms with Gasteiger partial charge in [-0.25, -0.2) is 8.42 Å². The van der Waals surface area contributed by atoms with Gasteiger partial charge in [-0.2, -0.15) is 4.31 Å². The van der Waals surface area contributed by atoms with Gasteiger partial charge in [-0.15, -0.1) is 0 Å². The zero-order valence-corrected chi connectivity index (χ0v) is 12.2. The number of benzene rings is 2. The van der Waals surface area contributed by atoms with Gasteiger partial charge in [-0.05, 0) is 29.8 Å². The summed E-state index contributed by atoms with van der Waals surface area (Å²) in [7, 11) is -3.41. The summed E-state index contributed by atoms with van der Waals surface area (Å²) in [6, 6.07) is 11.3. The van der Waals surface area contributed by atoms with Crippen molar-refractivity contribution < 1.29 is 13.2 Å². The number of nitrogens with zero attached hydrogens (tertiary/aromatic N) is 1. The fourth-order valence-corrected chi connectivity index (χ4v) is 3.88. The van der Waals surface area contributed by atoms with Gasteiger partial charge in [0.2, 0.25) is 10.0 Å². The first-order chi connectivity index (χ1) is 9.57. The SMILES string of the molecule is Cc1ccc2ccc(S(=O)(=O)N3CCOCC3)cc2c1. The van der Waals surface area contributed by atoms with E-state index >= 15 is 0 Å². The van der Waals surface area contributed by atoms with Crippen LogP contribution in [-0.4, -0.2) is 39.0 Å². The van der Waals surface area contributed by atoms with Gasteiger partial charge in [0.25, 0.3) is 0 Å². The third-order valence-corrected chi connectivity index (χ3v) is 5.47. The van der Waals surface area contributed by atoms with Crippen molar-refractivity contribution in [2.24, 2.45) is 0 Å². The van der Waals surface area contributed by atoms with Crippen LogP contribution in [-0.2, 0) is 14.8 Å². The average molecular weight is 291 g/mol. The smallest absolute Gasteiger partial charge is 0.243 e. The van der Waals surface area contributed by atoms with E-state index in [0.717, 1.165) is 16.3 Å². The lowest BCUT2D eigenvalue weighted by molar-refractivity contribution is 0.0730. The normalized spacial score (nSPS) is 17.4. The monoisotopic (exact) mass is 291 g/mol. The summed E-state index contributed by atoms with van der Waals surface area (Å²) < 4.78 is 31.9. The minimum atomic E-state index is -3.41. The Morgan fingerprint density at radius 1 is 1.00 bits per heavy atom. The van der Waals surface area contributed by atoms with Crippen LogP contribution in [0, 0.1) is 6.92 Å². The van der Waals surface area contributed by atoms with Gasteiger partial charge in [0.15, 0.2) is 0 Å². The predicted octanol–water partition coefficient (Wildman–Crippen LogP) is 2.17. The fraction of sp³-hybridized carbons (Fsp3) is 0.333. The Hall–Kier alpha value is -1.43. The number of fused-ring (bicyclic) bond motifs is 1. The predicted molar refractivity (Wildman–Crippen MR) is 78.3 cm³/mol. The zero-order valence-electron chi connectivity index (χ0n) is 11.4. The maximum absolute atomic E-state index is 12.6. The van der Waals surface area contributed by atoms with Crippen molar-refractivity contribution in [2.75, 3.05) is 26.3 Å². The maximum Gasteiger partial charge on any atom is 0.243 e. The van der Waals surface area contributed by atoms with Gasteiger partial charge in [-0.3, -0.25) is 0 Å². The van der Waals surface area contributed by atoms with Gasteiger partial charge in [0, 0.05) is 13.1 Å². The molecule has 0 bridgehead atoms. The van der Waals surface area contributed by atoms with Crippen LogP contribution in [0.2, 0.25) is 0 Å². The molecule has 1 heterocycles. The molecule has 1 aliphatic rings. The van der Waals surface area contributed by atoms with Crippen LogP contribution in [0.15, 0.2) is 41.3 Å². The highest BCUT2D eigenvalue weighted by Crippen LogP contribution is 2.23. The molecule has 106 valence electrons. The van der Waals surface area contributed by atoms with Crippen LogP contribution in [0.3, 0.4) is 0 Å². The molecular weight excluding hydrogens is 274 g/mol. The van der Waals surface area contributed by atoms with Crippen molar-refractivity contribution in [1.29, 1.82) is 0 Å². The third-order valence-electron chi connectivity index (χ3n) is 3.58. The van der Waals surface area contributed by atoms with Crippen molar-refractivity contribution in [3.05, 3.63) is 42.0 Å². The van der Waals surface area contributed by atoms with E-state index in [1.807, 2.05) is 31.2 Å². The number of rotatable bonds is 2. The Bertz CT molecular complexity index is 734. The molecule has 2 aromatic carbocycles. The van der Waals surface area contributed by atoms with E-state index in [2.05, 4.69) is 0 Å². The molecule has 2 aromatic rings. The first-order valence-corrected chi connectivity index (χ1v) is 8.10. The van der Waals surface area contributed by atoms with E-state index in [4.69, 9.17) is 4.74 Å². The molecule has 4 nitrogen and oxygen atoms in total. The minimum Gasteiger partial charge on any atom is -0.379 e. The third kappa shape index (κ3) is 2.44. The quantitative estimate of drug-likeness (QED) is 0.852. The van der Waals surface area contributed by atoms with Gasteiger partial charge in [0.1, 0.15) is 0 Å². The lowest BCUT2D eigenvalue weighted by Gasteiger charge is -2.26. The van der Waals surface area contributed by atoms with Crippen LogP contribution in [0.25, 0.3) is 10.8 Å². The second kappa shape index (κ2) is 5.16. The van der Waals surface area contributed by atoms with Crippen molar-refractivity contribution in [1.82, 2.24) is 4.31 Å². The summed E-state index contributed by atoms with van der Waals surface area (Å²) in [5.74, 6) is 0. The molecule has 5 heteroatoms. The lowest BCUT2D eigenvalue weighted by atomic mass is 10.1. The van der Waals surface area contributed by atoms with E-state index in [1.165, 1.54) is 4.31 Å². The molecule has 0 spiro atoms. The van der Waals surface area contributed by atoms with Crippen molar-refractivity contribution >= 4 is 20.8 Å². The molecule has 0 amide bonds. The number of sulfonamides is 1. The van der Waals surface area contributed by atoms with Crippen LogP contribution in [0.5, 0.6) is 0 Å². The van der Waals surface area contributed by atoms with Crippen LogP contribution >= 0.6 is 0 Å². The Morgan fingerprint density at radius 2 is 1.70 bits per heavy atom. The second-order valence-electron chi connectivity index (χ2n) is 5.03. The molecule has 0 aliphatic carbocycles. The van der Waals surface area contributed by atoms with E-state index in [0.29, 0.717) is 31.2 Å². The van der Waals surface area contributed by atoms with Crippen LogP contribution in [0.4, 0.5) is 0 Å². The highest BCUT2D eigenvalue weighted by molar-refractivity contribution is 7.89. The fourth-order valence-electron chi connectivity index (χ4n) is 2.44. The molecule has 0 aromatic heterocycles. The number of hydrogen-bond donors (Lipinski definition) is 0. The summed E-state index contributed by atoms with van der Waals surface area (Å²) in [5.41, 5.74) is 1.12. The molecule has 0 radical (unpaired) electrons. The first kappa shape index (κ1) is 13.5. The Balaban J connectivity index is 2.04. The van der Waals surface area contributed by atoms with Crippen molar-refractivity contribution in [2.45, 2.75) is 11.8 Å². The van der Waals surface area contributed by atoms with Gasteiger partial charge >= 0.3 is 0 Å². The lowest BCUT2D eigenvalue weighted by Crippen LogP contribution is -2.40. The highest BCUT2D eigenvalue weighted by Gasteiger charge is 2.26. The molecule has 1 saturated heterocycles. The van der Waals surface area contributed by atoms with Gasteiger partial charge < -0.3 is 4.74 Å². The molecular formula is C15H17NO3S. The molecule has 0 saturated carbocycles. The average Bonchev–Trinajstić information content (AvgIpc) is 2.47. The van der Waals surface area contributed by atoms with Gasteiger partial charge in [-0.1, -0.05) is 29.8 Å². The summed E-state index contributed by atoms with van der Waals surface area (Å²) in [5, 5.41) is 2.01.